The summed E-state index contributed by atoms with van der Waals surface area (Å²) in [7, 11) is 0. The van der Waals surface area contributed by atoms with E-state index in [0.29, 0.717) is 38.5 Å². The van der Waals surface area contributed by atoms with Crippen molar-refractivity contribution in [1.29, 1.82) is 0 Å². The van der Waals surface area contributed by atoms with Crippen molar-refractivity contribution in [3.63, 3.8) is 0 Å². The molecule has 12 N–H and O–H groups in total. The molecule has 0 saturated carbocycles. The highest BCUT2D eigenvalue weighted by Gasteiger charge is 1.98. The zero-order valence-electron chi connectivity index (χ0n) is 36.7. The first kappa shape index (κ1) is 55.4. The van der Waals surface area contributed by atoms with Crippen molar-refractivity contribution >= 4 is 0 Å². The van der Waals surface area contributed by atoms with Crippen LogP contribution in [0, 0.1) is 0 Å². The molecule has 0 fully saturated rings. The highest BCUT2D eigenvalue weighted by Crippen LogP contribution is 2.16. The van der Waals surface area contributed by atoms with E-state index < -0.39 is 0 Å². The summed E-state index contributed by atoms with van der Waals surface area (Å²) < 4.78 is 0. The van der Waals surface area contributed by atoms with Crippen LogP contribution < -0.4 is 0 Å². The number of aromatic hydroxyl groups is 6. The van der Waals surface area contributed by atoms with Crippen molar-refractivity contribution in [3.05, 3.63) is 253 Å². The molecule has 0 aliphatic rings. The Balaban J connectivity index is 0.000000396. The molecule has 6 aromatic carbocycles. The zero-order chi connectivity index (χ0) is 49.6. The molecule has 12 heteroatoms. The average molecular weight is 903 g/mol. The Bertz CT molecular complexity index is 1940. The Labute approximate surface area is 386 Å². The van der Waals surface area contributed by atoms with Gasteiger partial charge in [0.05, 0.1) is 34.6 Å². The van der Waals surface area contributed by atoms with E-state index in [9.17, 15) is 0 Å². The van der Waals surface area contributed by atoms with Gasteiger partial charge in [0.1, 0.15) is 34.5 Å². The van der Waals surface area contributed by atoms with Crippen LogP contribution >= 0.6 is 0 Å². The normalized spacial score (nSPS) is 9.45. The fourth-order valence-electron chi connectivity index (χ4n) is 5.10. The molecule has 0 atom stereocenters. The molecule has 0 aliphatic carbocycles. The molecule has 0 radical (unpaired) electrons. The maximum atomic E-state index is 8.91. The molecule has 0 bridgehead atoms. The first-order valence-electron chi connectivity index (χ1n) is 20.0. The Kier molecular flexibility index (Phi) is 25.5. The number of aliphatic hydroxyl groups excluding tert-OH is 6. The summed E-state index contributed by atoms with van der Waals surface area (Å²) in [5.41, 5.74) is 5.64. The van der Waals surface area contributed by atoms with Crippen LogP contribution in [-0.4, -0.2) is 61.3 Å². The van der Waals surface area contributed by atoms with Gasteiger partial charge >= 0.3 is 0 Å². The third kappa shape index (κ3) is 28.8. The SMILES string of the molecule is C=C(O)Cc1ccc(O)cc1.C=C(O)Cc1ccc(O)cc1.C=C(O)Cc1ccc(O)cc1.C=C(O)Cc1ccc(O)cc1.C=C(O)Cc1ccc(O)cc1.C=C([18OH])Cc1ccc(O)cc1. The molecule has 0 aromatic heterocycles. The fraction of sp³-hybridized carbons (Fsp3) is 0.111. The molecule has 12 nitrogen and oxygen atoms in total. The summed E-state index contributed by atoms with van der Waals surface area (Å²) in [4.78, 5) is 0. The zero-order valence-corrected chi connectivity index (χ0v) is 36.7. The second kappa shape index (κ2) is 30.4. The summed E-state index contributed by atoms with van der Waals surface area (Å²) in [6, 6.07) is 39.9. The van der Waals surface area contributed by atoms with Crippen LogP contribution in [-0.2, 0) is 38.5 Å². The van der Waals surface area contributed by atoms with Gasteiger partial charge in [0.15, 0.2) is 0 Å². The third-order valence-corrected chi connectivity index (χ3v) is 8.07. The average Bonchev–Trinajstić information content (AvgIpc) is 3.23. The van der Waals surface area contributed by atoms with Crippen molar-refractivity contribution in [2.24, 2.45) is 0 Å². The first-order chi connectivity index (χ1) is 31.1. The van der Waals surface area contributed by atoms with Crippen molar-refractivity contribution in [3.8, 4) is 34.5 Å². The maximum Gasteiger partial charge on any atom is 0.115 e. The van der Waals surface area contributed by atoms with Gasteiger partial charge in [-0.15, -0.1) is 0 Å². The van der Waals surface area contributed by atoms with Crippen LogP contribution in [0.3, 0.4) is 0 Å². The largest absolute Gasteiger partial charge is 0.513 e. The standard InChI is InChI=1S/6C9H10O2/c6*1-7(10)6-8-2-4-9(11)5-3-8/h6*2-5,10-11H,1,6H2/i10+2;;;;;. The van der Waals surface area contributed by atoms with Gasteiger partial charge in [-0.25, -0.2) is 0 Å². The molecule has 0 unspecified atom stereocenters. The van der Waals surface area contributed by atoms with E-state index >= 15 is 0 Å². The lowest BCUT2D eigenvalue weighted by atomic mass is 10.1. The molecule has 0 aliphatic heterocycles. The van der Waals surface area contributed by atoms with Gasteiger partial charge in [-0.2, -0.15) is 0 Å². The van der Waals surface area contributed by atoms with Gasteiger partial charge in [-0.05, 0) is 106 Å². The minimum Gasteiger partial charge on any atom is -0.513 e. The molecular weight excluding hydrogens is 843 g/mol. The summed E-state index contributed by atoms with van der Waals surface area (Å²) in [5.74, 6) is 2.21. The van der Waals surface area contributed by atoms with Crippen LogP contribution in [0.5, 0.6) is 34.5 Å². The lowest BCUT2D eigenvalue weighted by molar-refractivity contribution is 0.401. The minimum atomic E-state index is 0.135. The molecule has 348 valence electrons. The molecule has 0 spiro atoms. The smallest absolute Gasteiger partial charge is 0.115 e. The summed E-state index contributed by atoms with van der Waals surface area (Å²) in [6.45, 7) is 20.2. The predicted octanol–water partition coefficient (Wildman–Crippen LogP) is 12.0. The summed E-state index contributed by atoms with van der Waals surface area (Å²) in [5, 5.41) is 106. The van der Waals surface area contributed by atoms with Gasteiger partial charge in [-0.1, -0.05) is 112 Å². The van der Waals surface area contributed by atoms with Gasteiger partial charge < -0.3 is 61.3 Å². The molecule has 6 aromatic rings. The topological polar surface area (TPSA) is 243 Å². The number of hydrogen-bond acceptors (Lipinski definition) is 12. The van der Waals surface area contributed by atoms with Gasteiger partial charge in [0.2, 0.25) is 0 Å². The van der Waals surface area contributed by atoms with Crippen LogP contribution in [0.1, 0.15) is 33.4 Å². The Morgan fingerprint density at radius 3 is 0.485 bits per heavy atom. The molecule has 0 saturated heterocycles. The number of benzene rings is 6. The quantitative estimate of drug-likeness (QED) is 0.0405. The summed E-state index contributed by atoms with van der Waals surface area (Å²) >= 11 is 0. The highest BCUT2D eigenvalue weighted by atomic mass is 18.2. The van der Waals surface area contributed by atoms with E-state index in [1.165, 1.54) is 0 Å². The van der Waals surface area contributed by atoms with Crippen molar-refractivity contribution in [1.82, 2.24) is 0 Å². The Morgan fingerprint density at radius 2 is 0.379 bits per heavy atom. The number of aliphatic hydroxyl groups is 6. The van der Waals surface area contributed by atoms with E-state index in [4.69, 9.17) is 61.3 Å². The molecule has 6 rings (SSSR count). The number of phenols is 6. The monoisotopic (exact) mass is 902 g/mol. The van der Waals surface area contributed by atoms with Gasteiger partial charge in [0.25, 0.3) is 0 Å². The molecule has 0 amide bonds. The number of allylic oxidation sites excluding steroid dienone is 6. The van der Waals surface area contributed by atoms with E-state index in [2.05, 4.69) is 39.5 Å². The van der Waals surface area contributed by atoms with E-state index in [0.717, 1.165) is 33.4 Å². The lowest BCUT2D eigenvalue weighted by Gasteiger charge is -1.98. The highest BCUT2D eigenvalue weighted by molar-refractivity contribution is 5.31. The van der Waals surface area contributed by atoms with Crippen LogP contribution in [0.4, 0.5) is 0 Å². The van der Waals surface area contributed by atoms with Crippen LogP contribution in [0.15, 0.2) is 220 Å². The second-order valence-corrected chi connectivity index (χ2v) is 14.5. The van der Waals surface area contributed by atoms with Crippen molar-refractivity contribution in [2.75, 3.05) is 0 Å². The lowest BCUT2D eigenvalue weighted by Crippen LogP contribution is -1.85. The van der Waals surface area contributed by atoms with E-state index in [-0.39, 0.29) is 69.1 Å². The Hall–Kier alpha value is -8.64. The molecule has 66 heavy (non-hydrogen) atoms. The van der Waals surface area contributed by atoms with E-state index in [1.807, 2.05) is 0 Å². The third-order valence-electron chi connectivity index (χ3n) is 8.07. The number of phenolic OH excluding ortho intramolecular Hbond substituents is 6. The van der Waals surface area contributed by atoms with Crippen LogP contribution in [0.25, 0.3) is 0 Å². The predicted molar refractivity (Wildman–Crippen MR) is 261 cm³/mol. The van der Waals surface area contributed by atoms with Gasteiger partial charge in [0, 0.05) is 38.5 Å². The first-order valence-corrected chi connectivity index (χ1v) is 20.0. The Morgan fingerprint density at radius 1 is 0.258 bits per heavy atom. The summed E-state index contributed by atoms with van der Waals surface area (Å²) in [6.07, 6.45) is 2.67. The van der Waals surface area contributed by atoms with Crippen LogP contribution in [0.2, 0.25) is 0 Å². The van der Waals surface area contributed by atoms with Crippen molar-refractivity contribution < 1.29 is 61.3 Å². The minimum absolute atomic E-state index is 0.135. The molecular formula is C54H60O12. The maximum absolute atomic E-state index is 8.91. The molecule has 0 heterocycles. The van der Waals surface area contributed by atoms with Crippen molar-refractivity contribution in [2.45, 2.75) is 38.5 Å². The second-order valence-electron chi connectivity index (χ2n) is 14.5. The van der Waals surface area contributed by atoms with E-state index in [1.54, 1.807) is 146 Å². The number of hydrogen-bond donors (Lipinski definition) is 12. The number of rotatable bonds is 12. The fourth-order valence-corrected chi connectivity index (χ4v) is 5.10. The van der Waals surface area contributed by atoms with Gasteiger partial charge in [-0.3, -0.25) is 0 Å².